The van der Waals surface area contributed by atoms with E-state index in [-0.39, 0.29) is 17.1 Å². The van der Waals surface area contributed by atoms with Crippen LogP contribution in [-0.2, 0) is 6.42 Å². The summed E-state index contributed by atoms with van der Waals surface area (Å²) in [6.07, 6.45) is 7.88. The maximum atomic E-state index is 10.5. The molecular weight excluding hydrogens is 364 g/mol. The summed E-state index contributed by atoms with van der Waals surface area (Å²) < 4.78 is 12.1. The number of fused-ring (bicyclic) bond motifs is 3. The zero-order chi connectivity index (χ0) is 20.8. The van der Waals surface area contributed by atoms with Crippen LogP contribution in [0.5, 0.6) is 23.0 Å². The minimum atomic E-state index is -0.332. The number of aryl methyl sites for hydroxylation is 1. The molecule has 2 aliphatic heterocycles. The molecule has 0 radical (unpaired) electrons. The second-order valence-electron chi connectivity index (χ2n) is 8.82. The first-order chi connectivity index (χ1) is 13.7. The number of ether oxygens (including phenoxy) is 2. The van der Waals surface area contributed by atoms with Crippen molar-refractivity contribution in [2.45, 2.75) is 46.1 Å². The van der Waals surface area contributed by atoms with Crippen LogP contribution < -0.4 is 9.47 Å². The zero-order valence-corrected chi connectivity index (χ0v) is 17.5. The molecule has 2 N–H and O–H groups in total. The molecule has 4 rings (SSSR count). The fourth-order valence-electron chi connectivity index (χ4n) is 3.78. The first kappa shape index (κ1) is 19.4. The van der Waals surface area contributed by atoms with Gasteiger partial charge in [0, 0.05) is 22.8 Å². The molecule has 2 aromatic rings. The van der Waals surface area contributed by atoms with E-state index < -0.39 is 0 Å². The van der Waals surface area contributed by atoms with Crippen LogP contribution in [0, 0.1) is 5.92 Å². The molecule has 0 spiro atoms. The molecule has 0 unspecified atom stereocenters. The molecule has 0 aliphatic carbocycles. The second kappa shape index (κ2) is 7.18. The molecule has 4 heteroatoms. The number of phenols is 2. The number of rotatable bonds is 4. The lowest BCUT2D eigenvalue weighted by Gasteiger charge is -2.30. The minimum absolute atomic E-state index is 0.0667. The maximum Gasteiger partial charge on any atom is 0.137 e. The lowest BCUT2D eigenvalue weighted by molar-refractivity contribution is 0.158. The van der Waals surface area contributed by atoms with Crippen molar-refractivity contribution in [2.75, 3.05) is 6.61 Å². The molecule has 0 aromatic heterocycles. The van der Waals surface area contributed by atoms with Gasteiger partial charge in [-0.25, -0.2) is 0 Å². The standard InChI is InChI=1S/C25H28O4/c1-15(2)5-6-16-12-20(22(27)13-21(16)26)18-11-17-7-8-23-19(24(17)28-14-18)9-10-25(3,4)29-23/h7-13,15,26-27H,5-6,14H2,1-4H3. The number of hydrogen-bond acceptors (Lipinski definition) is 4. The number of hydrogen-bond donors (Lipinski definition) is 2. The van der Waals surface area contributed by atoms with Gasteiger partial charge >= 0.3 is 0 Å². The number of benzene rings is 2. The summed E-state index contributed by atoms with van der Waals surface area (Å²) in [5.74, 6) is 2.37. The Labute approximate surface area is 172 Å². The van der Waals surface area contributed by atoms with Gasteiger partial charge in [-0.15, -0.1) is 0 Å². The third kappa shape index (κ3) is 3.84. The molecule has 152 valence electrons. The van der Waals surface area contributed by atoms with E-state index in [1.54, 1.807) is 0 Å². The van der Waals surface area contributed by atoms with Crippen molar-refractivity contribution in [2.24, 2.45) is 5.92 Å². The van der Waals surface area contributed by atoms with Gasteiger partial charge in [0.15, 0.2) is 0 Å². The van der Waals surface area contributed by atoms with Gasteiger partial charge < -0.3 is 19.7 Å². The molecular formula is C25H28O4. The Balaban J connectivity index is 1.70. The van der Waals surface area contributed by atoms with Crippen molar-refractivity contribution in [3.8, 4) is 23.0 Å². The van der Waals surface area contributed by atoms with Gasteiger partial charge in [-0.2, -0.15) is 0 Å². The second-order valence-corrected chi connectivity index (χ2v) is 8.82. The van der Waals surface area contributed by atoms with Crippen molar-refractivity contribution in [3.05, 3.63) is 52.6 Å². The average molecular weight is 392 g/mol. The smallest absolute Gasteiger partial charge is 0.137 e. The molecule has 0 saturated heterocycles. The Morgan fingerprint density at radius 3 is 2.66 bits per heavy atom. The van der Waals surface area contributed by atoms with Crippen molar-refractivity contribution >= 4 is 17.7 Å². The Bertz CT molecular complexity index is 1010. The van der Waals surface area contributed by atoms with Gasteiger partial charge in [0.05, 0.1) is 5.56 Å². The van der Waals surface area contributed by atoms with Gasteiger partial charge in [-0.05, 0) is 74.6 Å². The fourth-order valence-corrected chi connectivity index (χ4v) is 3.78. The summed E-state index contributed by atoms with van der Waals surface area (Å²) >= 11 is 0. The van der Waals surface area contributed by atoms with Crippen molar-refractivity contribution in [1.29, 1.82) is 0 Å². The van der Waals surface area contributed by atoms with Gasteiger partial charge in [0.1, 0.15) is 35.2 Å². The third-order valence-electron chi connectivity index (χ3n) is 5.45. The highest BCUT2D eigenvalue weighted by atomic mass is 16.5. The van der Waals surface area contributed by atoms with Crippen LogP contribution in [-0.4, -0.2) is 22.4 Å². The van der Waals surface area contributed by atoms with E-state index in [4.69, 9.17) is 9.47 Å². The van der Waals surface area contributed by atoms with Gasteiger partial charge in [0.2, 0.25) is 0 Å². The fraction of sp³-hybridized carbons (Fsp3) is 0.360. The van der Waals surface area contributed by atoms with E-state index in [0.29, 0.717) is 18.1 Å². The summed E-state index contributed by atoms with van der Waals surface area (Å²) in [6.45, 7) is 8.71. The van der Waals surface area contributed by atoms with E-state index in [0.717, 1.165) is 46.6 Å². The Morgan fingerprint density at radius 2 is 1.90 bits per heavy atom. The summed E-state index contributed by atoms with van der Waals surface area (Å²) in [5, 5.41) is 20.7. The molecule has 2 aromatic carbocycles. The van der Waals surface area contributed by atoms with E-state index in [1.165, 1.54) is 6.07 Å². The van der Waals surface area contributed by atoms with Gasteiger partial charge in [0.25, 0.3) is 0 Å². The normalized spacial score (nSPS) is 16.5. The third-order valence-corrected chi connectivity index (χ3v) is 5.45. The number of phenolic OH excluding ortho intramolecular Hbond substituents is 2. The van der Waals surface area contributed by atoms with Crippen LogP contribution in [0.4, 0.5) is 0 Å². The largest absolute Gasteiger partial charge is 0.508 e. The van der Waals surface area contributed by atoms with Crippen molar-refractivity contribution in [1.82, 2.24) is 0 Å². The van der Waals surface area contributed by atoms with E-state index >= 15 is 0 Å². The van der Waals surface area contributed by atoms with E-state index in [1.807, 2.05) is 44.2 Å². The highest BCUT2D eigenvalue weighted by molar-refractivity contribution is 5.90. The monoisotopic (exact) mass is 392 g/mol. The summed E-state index contributed by atoms with van der Waals surface area (Å²) in [4.78, 5) is 0. The average Bonchev–Trinajstić information content (AvgIpc) is 2.65. The first-order valence-corrected chi connectivity index (χ1v) is 10.2. The molecule has 0 fully saturated rings. The van der Waals surface area contributed by atoms with Gasteiger partial charge in [-0.3, -0.25) is 0 Å². The summed E-state index contributed by atoms with van der Waals surface area (Å²) in [5.41, 5.74) is 4.02. The lowest BCUT2D eigenvalue weighted by Crippen LogP contribution is -2.27. The molecule has 2 aliphatic rings. The van der Waals surface area contributed by atoms with Crippen molar-refractivity contribution in [3.63, 3.8) is 0 Å². The van der Waals surface area contributed by atoms with Crippen LogP contribution in [0.3, 0.4) is 0 Å². The molecule has 0 bridgehead atoms. The summed E-state index contributed by atoms with van der Waals surface area (Å²) in [7, 11) is 0. The van der Waals surface area contributed by atoms with Crippen molar-refractivity contribution < 1.29 is 19.7 Å². The van der Waals surface area contributed by atoms with Crippen LogP contribution in [0.2, 0.25) is 0 Å². The first-order valence-electron chi connectivity index (χ1n) is 10.2. The van der Waals surface area contributed by atoms with E-state index in [2.05, 4.69) is 19.9 Å². The molecule has 0 amide bonds. The Hall–Kier alpha value is -2.88. The molecule has 0 saturated carbocycles. The quantitative estimate of drug-likeness (QED) is 0.690. The van der Waals surface area contributed by atoms with Crippen LogP contribution >= 0.6 is 0 Å². The lowest BCUT2D eigenvalue weighted by atomic mass is 9.93. The topological polar surface area (TPSA) is 58.9 Å². The van der Waals surface area contributed by atoms with Gasteiger partial charge in [-0.1, -0.05) is 13.8 Å². The van der Waals surface area contributed by atoms with Crippen LogP contribution in [0.1, 0.15) is 56.4 Å². The SMILES string of the molecule is CC(C)CCc1cc(C2=Cc3ccc4c(c3OC2)C=CC(C)(C)O4)c(O)cc1O. The Morgan fingerprint density at radius 1 is 1.10 bits per heavy atom. The maximum absolute atomic E-state index is 10.5. The van der Waals surface area contributed by atoms with Crippen LogP contribution in [0.15, 0.2) is 30.3 Å². The molecule has 29 heavy (non-hydrogen) atoms. The predicted molar refractivity (Wildman–Crippen MR) is 116 cm³/mol. The minimum Gasteiger partial charge on any atom is -0.508 e. The molecule has 4 nitrogen and oxygen atoms in total. The Kier molecular flexibility index (Phi) is 4.81. The highest BCUT2D eigenvalue weighted by Gasteiger charge is 2.27. The zero-order valence-electron chi connectivity index (χ0n) is 17.5. The molecule has 0 atom stereocenters. The van der Waals surface area contributed by atoms with Crippen LogP contribution in [0.25, 0.3) is 17.7 Å². The summed E-state index contributed by atoms with van der Waals surface area (Å²) in [6, 6.07) is 7.27. The van der Waals surface area contributed by atoms with E-state index in [9.17, 15) is 10.2 Å². The molecule has 2 heterocycles. The highest BCUT2D eigenvalue weighted by Crippen LogP contribution is 2.43. The predicted octanol–water partition coefficient (Wildman–Crippen LogP) is 5.80. The number of aromatic hydroxyl groups is 2.